The highest BCUT2D eigenvalue weighted by Gasteiger charge is 2.39. The summed E-state index contributed by atoms with van der Waals surface area (Å²) >= 11 is 0. The van der Waals surface area contributed by atoms with Crippen LogP contribution in [0.1, 0.15) is 58.8 Å². The molecular formula is C15H28N2O2. The summed E-state index contributed by atoms with van der Waals surface area (Å²) < 4.78 is 0. The van der Waals surface area contributed by atoms with Crippen molar-refractivity contribution in [3.8, 4) is 0 Å². The number of aliphatic carboxylic acids is 1. The van der Waals surface area contributed by atoms with E-state index in [9.17, 15) is 9.90 Å². The fraction of sp³-hybridized carbons (Fsp3) is 0.933. The van der Waals surface area contributed by atoms with Gasteiger partial charge in [0, 0.05) is 18.1 Å². The predicted molar refractivity (Wildman–Crippen MR) is 76.3 cm³/mol. The minimum Gasteiger partial charge on any atom is -0.480 e. The molecule has 110 valence electrons. The first-order valence-electron chi connectivity index (χ1n) is 7.90. The number of hydrogen-bond donors (Lipinski definition) is 2. The highest BCUT2D eigenvalue weighted by Crippen LogP contribution is 2.31. The Hall–Kier alpha value is -0.610. The summed E-state index contributed by atoms with van der Waals surface area (Å²) in [6.07, 6.45) is 7.55. The van der Waals surface area contributed by atoms with Crippen LogP contribution in [0.3, 0.4) is 0 Å². The van der Waals surface area contributed by atoms with Crippen molar-refractivity contribution in [2.45, 2.75) is 83.0 Å². The molecule has 2 aliphatic heterocycles. The number of rotatable bonds is 7. The average Bonchev–Trinajstić information content (AvgIpc) is 2.72. The SMILES string of the molecule is CCCC(C(=O)O)N(CCC)C1CC2CCC(C1)N2. The predicted octanol–water partition coefficient (Wildman–Crippen LogP) is 2.23. The van der Waals surface area contributed by atoms with Gasteiger partial charge in [-0.25, -0.2) is 0 Å². The summed E-state index contributed by atoms with van der Waals surface area (Å²) in [6, 6.07) is 1.43. The van der Waals surface area contributed by atoms with E-state index in [1.807, 2.05) is 0 Å². The molecule has 0 aromatic heterocycles. The van der Waals surface area contributed by atoms with Gasteiger partial charge in [0.25, 0.3) is 0 Å². The van der Waals surface area contributed by atoms with Crippen molar-refractivity contribution >= 4 is 5.97 Å². The molecule has 2 fully saturated rings. The van der Waals surface area contributed by atoms with Crippen LogP contribution in [0.5, 0.6) is 0 Å². The molecule has 0 aromatic rings. The monoisotopic (exact) mass is 268 g/mol. The molecule has 0 radical (unpaired) electrons. The standard InChI is InChI=1S/C15H28N2O2/c1-3-5-14(15(18)19)17(8-4-2)13-9-11-6-7-12(10-13)16-11/h11-14,16H,3-10H2,1-2H3,(H,18,19). The first-order valence-corrected chi connectivity index (χ1v) is 7.90. The maximum Gasteiger partial charge on any atom is 0.320 e. The molecule has 0 aliphatic carbocycles. The zero-order chi connectivity index (χ0) is 13.8. The highest BCUT2D eigenvalue weighted by atomic mass is 16.4. The molecular weight excluding hydrogens is 240 g/mol. The van der Waals surface area contributed by atoms with E-state index < -0.39 is 5.97 Å². The molecule has 3 atom stereocenters. The summed E-state index contributed by atoms with van der Waals surface area (Å²) in [7, 11) is 0. The Labute approximate surface area is 116 Å². The number of hydrogen-bond acceptors (Lipinski definition) is 3. The van der Waals surface area contributed by atoms with Crippen molar-refractivity contribution in [3.05, 3.63) is 0 Å². The summed E-state index contributed by atoms with van der Waals surface area (Å²) in [4.78, 5) is 13.9. The van der Waals surface area contributed by atoms with Crippen molar-refractivity contribution in [1.29, 1.82) is 0 Å². The summed E-state index contributed by atoms with van der Waals surface area (Å²) in [6.45, 7) is 5.14. The van der Waals surface area contributed by atoms with Crippen molar-refractivity contribution in [2.75, 3.05) is 6.54 Å². The lowest BCUT2D eigenvalue weighted by atomic mass is 9.95. The highest BCUT2D eigenvalue weighted by molar-refractivity contribution is 5.73. The van der Waals surface area contributed by atoms with Crippen molar-refractivity contribution in [3.63, 3.8) is 0 Å². The van der Waals surface area contributed by atoms with Gasteiger partial charge in [-0.2, -0.15) is 0 Å². The third kappa shape index (κ3) is 3.48. The van der Waals surface area contributed by atoms with E-state index in [1.54, 1.807) is 0 Å². The zero-order valence-electron chi connectivity index (χ0n) is 12.3. The second-order valence-electron chi connectivity index (χ2n) is 6.14. The molecule has 2 heterocycles. The molecule has 2 aliphatic rings. The largest absolute Gasteiger partial charge is 0.480 e. The first kappa shape index (κ1) is 14.8. The fourth-order valence-electron chi connectivity index (χ4n) is 3.85. The third-order valence-corrected chi connectivity index (χ3v) is 4.65. The van der Waals surface area contributed by atoms with Crippen molar-refractivity contribution in [1.82, 2.24) is 10.2 Å². The van der Waals surface area contributed by atoms with E-state index in [0.717, 1.165) is 38.6 Å². The molecule has 4 heteroatoms. The normalized spacial score (nSPS) is 31.6. The number of carboxylic acid groups (broad SMARTS) is 1. The van der Waals surface area contributed by atoms with Crippen molar-refractivity contribution < 1.29 is 9.90 Å². The van der Waals surface area contributed by atoms with E-state index in [1.165, 1.54) is 12.8 Å². The van der Waals surface area contributed by atoms with Crippen LogP contribution >= 0.6 is 0 Å². The Balaban J connectivity index is 2.07. The second-order valence-corrected chi connectivity index (χ2v) is 6.14. The molecule has 3 unspecified atom stereocenters. The lowest BCUT2D eigenvalue weighted by Gasteiger charge is -2.40. The van der Waals surface area contributed by atoms with E-state index >= 15 is 0 Å². The quantitative estimate of drug-likeness (QED) is 0.743. The summed E-state index contributed by atoms with van der Waals surface area (Å²) in [5, 5.41) is 13.2. The minimum atomic E-state index is -0.638. The number of piperidine rings is 1. The molecule has 19 heavy (non-hydrogen) atoms. The van der Waals surface area contributed by atoms with Gasteiger partial charge in [0.05, 0.1) is 0 Å². The first-order chi connectivity index (χ1) is 9.15. The second kappa shape index (κ2) is 6.71. The van der Waals surface area contributed by atoms with Gasteiger partial charge in [0.2, 0.25) is 0 Å². The van der Waals surface area contributed by atoms with E-state index in [0.29, 0.717) is 18.1 Å². The maximum absolute atomic E-state index is 11.6. The number of nitrogens with zero attached hydrogens (tertiary/aromatic N) is 1. The van der Waals surface area contributed by atoms with Crippen LogP contribution in [0.2, 0.25) is 0 Å². The van der Waals surface area contributed by atoms with Gasteiger partial charge >= 0.3 is 5.97 Å². The van der Waals surface area contributed by atoms with Crippen LogP contribution in [0.15, 0.2) is 0 Å². The van der Waals surface area contributed by atoms with E-state index in [4.69, 9.17) is 0 Å². The van der Waals surface area contributed by atoms with E-state index in [2.05, 4.69) is 24.1 Å². The Morgan fingerprint density at radius 1 is 1.26 bits per heavy atom. The molecule has 0 aromatic carbocycles. The molecule has 0 amide bonds. The minimum absolute atomic E-state index is 0.285. The Kier molecular flexibility index (Phi) is 5.22. The van der Waals surface area contributed by atoms with Crippen LogP contribution in [0.25, 0.3) is 0 Å². The number of carboxylic acids is 1. The van der Waals surface area contributed by atoms with E-state index in [-0.39, 0.29) is 6.04 Å². The molecule has 0 spiro atoms. The molecule has 2 rings (SSSR count). The van der Waals surface area contributed by atoms with Gasteiger partial charge in [-0.1, -0.05) is 20.3 Å². The van der Waals surface area contributed by atoms with Crippen LogP contribution in [0.4, 0.5) is 0 Å². The van der Waals surface area contributed by atoms with Gasteiger partial charge in [0.15, 0.2) is 0 Å². The average molecular weight is 268 g/mol. The zero-order valence-corrected chi connectivity index (χ0v) is 12.3. The van der Waals surface area contributed by atoms with Crippen LogP contribution in [0, 0.1) is 0 Å². The van der Waals surface area contributed by atoms with Gasteiger partial charge < -0.3 is 10.4 Å². The van der Waals surface area contributed by atoms with Gasteiger partial charge in [-0.05, 0) is 45.1 Å². The summed E-state index contributed by atoms with van der Waals surface area (Å²) in [5.41, 5.74) is 0. The lowest BCUT2D eigenvalue weighted by molar-refractivity contribution is -0.145. The van der Waals surface area contributed by atoms with Gasteiger partial charge in [-0.3, -0.25) is 9.69 Å². The Morgan fingerprint density at radius 2 is 1.89 bits per heavy atom. The van der Waals surface area contributed by atoms with Gasteiger partial charge in [0.1, 0.15) is 6.04 Å². The lowest BCUT2D eigenvalue weighted by Crippen LogP contribution is -2.53. The third-order valence-electron chi connectivity index (χ3n) is 4.65. The molecule has 2 saturated heterocycles. The fourth-order valence-corrected chi connectivity index (χ4v) is 3.85. The Bertz CT molecular complexity index is 297. The number of fused-ring (bicyclic) bond motifs is 2. The molecule has 0 saturated carbocycles. The van der Waals surface area contributed by atoms with Crippen LogP contribution < -0.4 is 5.32 Å². The van der Waals surface area contributed by atoms with Gasteiger partial charge in [-0.15, -0.1) is 0 Å². The molecule has 2 bridgehead atoms. The maximum atomic E-state index is 11.6. The van der Waals surface area contributed by atoms with Crippen LogP contribution in [-0.4, -0.2) is 46.7 Å². The van der Waals surface area contributed by atoms with Crippen molar-refractivity contribution in [2.24, 2.45) is 0 Å². The molecule has 2 N–H and O–H groups in total. The molecule has 4 nitrogen and oxygen atoms in total. The number of carbonyl (C=O) groups is 1. The summed E-state index contributed by atoms with van der Waals surface area (Å²) in [5.74, 6) is -0.638. The number of nitrogens with one attached hydrogen (secondary N) is 1. The smallest absolute Gasteiger partial charge is 0.320 e. The Morgan fingerprint density at radius 3 is 2.37 bits per heavy atom. The topological polar surface area (TPSA) is 52.6 Å². The van der Waals surface area contributed by atoms with Crippen LogP contribution in [-0.2, 0) is 4.79 Å².